The lowest BCUT2D eigenvalue weighted by molar-refractivity contribution is 0.0953. The average Bonchev–Trinajstić information content (AvgIpc) is 2.65. The van der Waals surface area contributed by atoms with E-state index < -0.39 is 0 Å². The van der Waals surface area contributed by atoms with Gasteiger partial charge in [0, 0.05) is 37.6 Å². The van der Waals surface area contributed by atoms with Gasteiger partial charge in [0.15, 0.2) is 0 Å². The van der Waals surface area contributed by atoms with Crippen molar-refractivity contribution < 1.29 is 9.59 Å². The fourth-order valence-corrected chi connectivity index (χ4v) is 2.64. The lowest BCUT2D eigenvalue weighted by Crippen LogP contribution is -2.39. The molecule has 132 valence electrons. The maximum absolute atomic E-state index is 12.3. The standard InChI is InChI=1S/C19H23N3O2S/c1-22(2)19(24)21-12-11-20-18(23)16-6-4-5-15(13-16)14-7-9-17(25-3)10-8-14/h4-10,13H,11-12H2,1-3H3,(H,20,23)(H,21,24). The van der Waals surface area contributed by atoms with Gasteiger partial charge in [-0.1, -0.05) is 24.3 Å². The number of amides is 3. The summed E-state index contributed by atoms with van der Waals surface area (Å²) in [6, 6.07) is 15.6. The molecular weight excluding hydrogens is 334 g/mol. The Morgan fingerprint density at radius 3 is 2.28 bits per heavy atom. The van der Waals surface area contributed by atoms with E-state index in [1.165, 1.54) is 9.80 Å². The summed E-state index contributed by atoms with van der Waals surface area (Å²) in [6.07, 6.45) is 2.04. The lowest BCUT2D eigenvalue weighted by atomic mass is 10.0. The largest absolute Gasteiger partial charge is 0.350 e. The first kappa shape index (κ1) is 18.9. The van der Waals surface area contributed by atoms with Crippen LogP contribution in [0.1, 0.15) is 10.4 Å². The van der Waals surface area contributed by atoms with E-state index in [-0.39, 0.29) is 11.9 Å². The molecule has 0 aliphatic heterocycles. The second-order valence-corrected chi connectivity index (χ2v) is 6.57. The van der Waals surface area contributed by atoms with E-state index in [1.807, 2.05) is 24.5 Å². The molecule has 2 rings (SSSR count). The smallest absolute Gasteiger partial charge is 0.316 e. The molecule has 2 aromatic carbocycles. The van der Waals surface area contributed by atoms with Crippen LogP contribution < -0.4 is 10.6 Å². The number of carbonyl (C=O) groups excluding carboxylic acids is 2. The quantitative estimate of drug-likeness (QED) is 0.617. The van der Waals surface area contributed by atoms with E-state index >= 15 is 0 Å². The highest BCUT2D eigenvalue weighted by atomic mass is 32.2. The Kier molecular flexibility index (Phi) is 6.89. The Bertz CT molecular complexity index is 730. The van der Waals surface area contributed by atoms with E-state index in [1.54, 1.807) is 31.9 Å². The van der Waals surface area contributed by atoms with Crippen molar-refractivity contribution in [2.45, 2.75) is 4.90 Å². The lowest BCUT2D eigenvalue weighted by Gasteiger charge is -2.12. The highest BCUT2D eigenvalue weighted by molar-refractivity contribution is 7.98. The molecule has 0 aromatic heterocycles. The number of hydrogen-bond donors (Lipinski definition) is 2. The Balaban J connectivity index is 1.95. The second-order valence-electron chi connectivity index (χ2n) is 5.69. The van der Waals surface area contributed by atoms with E-state index in [4.69, 9.17) is 0 Å². The fraction of sp³-hybridized carbons (Fsp3) is 0.263. The average molecular weight is 357 g/mol. The second kappa shape index (κ2) is 9.13. The van der Waals surface area contributed by atoms with Gasteiger partial charge < -0.3 is 15.5 Å². The van der Waals surface area contributed by atoms with Crippen molar-refractivity contribution in [1.29, 1.82) is 0 Å². The first-order valence-corrected chi connectivity index (χ1v) is 9.21. The number of nitrogens with zero attached hydrogens (tertiary/aromatic N) is 1. The molecule has 5 nitrogen and oxygen atoms in total. The Morgan fingerprint density at radius 1 is 0.960 bits per heavy atom. The predicted molar refractivity (Wildman–Crippen MR) is 103 cm³/mol. The molecule has 25 heavy (non-hydrogen) atoms. The van der Waals surface area contributed by atoms with Gasteiger partial charge in [-0.3, -0.25) is 4.79 Å². The summed E-state index contributed by atoms with van der Waals surface area (Å²) in [4.78, 5) is 26.3. The highest BCUT2D eigenvalue weighted by Gasteiger charge is 2.07. The van der Waals surface area contributed by atoms with E-state index in [0.717, 1.165) is 11.1 Å². The van der Waals surface area contributed by atoms with Crippen LogP contribution in [0.3, 0.4) is 0 Å². The normalized spacial score (nSPS) is 10.2. The van der Waals surface area contributed by atoms with Crippen LogP contribution in [0.2, 0.25) is 0 Å². The minimum atomic E-state index is -0.176. The molecule has 0 saturated carbocycles. The van der Waals surface area contributed by atoms with Crippen LogP contribution in [0.25, 0.3) is 11.1 Å². The van der Waals surface area contributed by atoms with E-state index in [9.17, 15) is 9.59 Å². The molecule has 0 aliphatic rings. The molecule has 0 heterocycles. The van der Waals surface area contributed by atoms with Gasteiger partial charge in [-0.15, -0.1) is 11.8 Å². The van der Waals surface area contributed by atoms with Crippen molar-refractivity contribution in [2.75, 3.05) is 33.4 Å². The topological polar surface area (TPSA) is 61.4 Å². The molecule has 0 unspecified atom stereocenters. The van der Waals surface area contributed by atoms with Gasteiger partial charge in [0.1, 0.15) is 0 Å². The van der Waals surface area contributed by atoms with Gasteiger partial charge >= 0.3 is 6.03 Å². The zero-order valence-corrected chi connectivity index (χ0v) is 15.5. The van der Waals surface area contributed by atoms with Gasteiger partial charge in [-0.25, -0.2) is 4.79 Å². The maximum atomic E-state index is 12.3. The van der Waals surface area contributed by atoms with Crippen LogP contribution in [0, 0.1) is 0 Å². The summed E-state index contributed by atoms with van der Waals surface area (Å²) >= 11 is 1.70. The first-order valence-electron chi connectivity index (χ1n) is 7.99. The van der Waals surface area contributed by atoms with Crippen molar-refractivity contribution in [3.8, 4) is 11.1 Å². The monoisotopic (exact) mass is 357 g/mol. The zero-order chi connectivity index (χ0) is 18.2. The van der Waals surface area contributed by atoms with Crippen LogP contribution in [-0.4, -0.2) is 50.3 Å². The Morgan fingerprint density at radius 2 is 1.64 bits per heavy atom. The maximum Gasteiger partial charge on any atom is 0.316 e. The third-order valence-electron chi connectivity index (χ3n) is 3.64. The highest BCUT2D eigenvalue weighted by Crippen LogP contribution is 2.23. The molecule has 2 N–H and O–H groups in total. The van der Waals surface area contributed by atoms with Gasteiger partial charge in [-0.2, -0.15) is 0 Å². The molecule has 2 aromatic rings. The summed E-state index contributed by atoms with van der Waals surface area (Å²) in [5, 5.41) is 5.52. The number of carbonyl (C=O) groups is 2. The van der Waals surface area contributed by atoms with E-state index in [2.05, 4.69) is 34.9 Å². The number of benzene rings is 2. The zero-order valence-electron chi connectivity index (χ0n) is 14.7. The van der Waals surface area contributed by atoms with Crippen molar-refractivity contribution in [2.24, 2.45) is 0 Å². The minimum absolute atomic E-state index is 0.151. The molecule has 0 aliphatic carbocycles. The molecule has 0 radical (unpaired) electrons. The number of thioether (sulfide) groups is 1. The van der Waals surface area contributed by atoms with Crippen LogP contribution in [0.15, 0.2) is 53.4 Å². The third-order valence-corrected chi connectivity index (χ3v) is 4.38. The number of rotatable bonds is 6. The molecule has 0 atom stereocenters. The first-order chi connectivity index (χ1) is 12.0. The van der Waals surface area contributed by atoms with Crippen molar-refractivity contribution in [3.05, 3.63) is 54.1 Å². The third kappa shape index (κ3) is 5.53. The van der Waals surface area contributed by atoms with Crippen molar-refractivity contribution in [3.63, 3.8) is 0 Å². The molecule has 3 amide bonds. The predicted octanol–water partition coefficient (Wildman–Crippen LogP) is 3.08. The van der Waals surface area contributed by atoms with Gasteiger partial charge in [0.2, 0.25) is 0 Å². The van der Waals surface area contributed by atoms with Crippen molar-refractivity contribution in [1.82, 2.24) is 15.5 Å². The molecule has 0 saturated heterocycles. The summed E-state index contributed by atoms with van der Waals surface area (Å²) < 4.78 is 0. The van der Waals surface area contributed by atoms with Gasteiger partial charge in [0.05, 0.1) is 0 Å². The number of hydrogen-bond acceptors (Lipinski definition) is 3. The fourth-order valence-electron chi connectivity index (χ4n) is 2.23. The van der Waals surface area contributed by atoms with E-state index in [0.29, 0.717) is 18.7 Å². The van der Waals surface area contributed by atoms with Crippen LogP contribution in [-0.2, 0) is 0 Å². The molecule has 0 bridgehead atoms. The van der Waals surface area contributed by atoms with Gasteiger partial charge in [0.25, 0.3) is 5.91 Å². The van der Waals surface area contributed by atoms with Gasteiger partial charge in [-0.05, 0) is 41.6 Å². The van der Waals surface area contributed by atoms with Crippen molar-refractivity contribution >= 4 is 23.7 Å². The Hall–Kier alpha value is -2.47. The molecule has 6 heteroatoms. The van der Waals surface area contributed by atoms with Crippen LogP contribution >= 0.6 is 11.8 Å². The SMILES string of the molecule is CSc1ccc(-c2cccc(C(=O)NCCNC(=O)N(C)C)c2)cc1. The summed E-state index contributed by atoms with van der Waals surface area (Å²) in [7, 11) is 3.34. The molecular formula is C19H23N3O2S. The molecule has 0 fully saturated rings. The summed E-state index contributed by atoms with van der Waals surface area (Å²) in [5.41, 5.74) is 2.68. The minimum Gasteiger partial charge on any atom is -0.350 e. The summed E-state index contributed by atoms with van der Waals surface area (Å²) in [6.45, 7) is 0.768. The number of nitrogens with one attached hydrogen (secondary N) is 2. The molecule has 0 spiro atoms. The Labute approximate surface area is 152 Å². The number of urea groups is 1. The summed E-state index contributed by atoms with van der Waals surface area (Å²) in [5.74, 6) is -0.151. The van der Waals surface area contributed by atoms with Crippen LogP contribution in [0.4, 0.5) is 4.79 Å². The van der Waals surface area contributed by atoms with Crippen LogP contribution in [0.5, 0.6) is 0 Å².